The fourth-order valence-corrected chi connectivity index (χ4v) is 4.65. The number of aromatic nitrogens is 2. The third-order valence-electron chi connectivity index (χ3n) is 6.51. The van der Waals surface area contributed by atoms with E-state index in [1.807, 2.05) is 30.9 Å². The van der Waals surface area contributed by atoms with Crippen LogP contribution >= 0.6 is 0 Å². The van der Waals surface area contributed by atoms with Crippen molar-refractivity contribution in [3.63, 3.8) is 0 Å². The standard InChI is InChI=1S/C25H26N4O5/c1-17-3-8-22(18(2)15-17)28-23(16-21(26-28)19-4-6-20(7-5-19)29(31)32)24(30)27-11-9-25(10-12-27)33-13-14-34-25/h3-8,15-16H,9-14H2,1-2H3. The van der Waals surface area contributed by atoms with Crippen LogP contribution in [0.5, 0.6) is 0 Å². The van der Waals surface area contributed by atoms with Gasteiger partial charge in [0.1, 0.15) is 5.69 Å². The molecule has 0 bridgehead atoms. The zero-order valence-corrected chi connectivity index (χ0v) is 19.2. The van der Waals surface area contributed by atoms with Crippen LogP contribution in [0.15, 0.2) is 48.5 Å². The van der Waals surface area contributed by atoms with Gasteiger partial charge in [-0.25, -0.2) is 4.68 Å². The molecule has 2 fully saturated rings. The average molecular weight is 463 g/mol. The molecule has 3 heterocycles. The van der Waals surface area contributed by atoms with Gasteiger partial charge in [0.15, 0.2) is 5.79 Å². The van der Waals surface area contributed by atoms with Crippen molar-refractivity contribution in [3.05, 3.63) is 75.5 Å². The van der Waals surface area contributed by atoms with Gasteiger partial charge in [-0.1, -0.05) is 17.7 Å². The Morgan fingerprint density at radius 2 is 1.71 bits per heavy atom. The average Bonchev–Trinajstić information content (AvgIpc) is 3.47. The molecule has 5 rings (SSSR count). The molecule has 2 saturated heterocycles. The van der Waals surface area contributed by atoms with Crippen molar-refractivity contribution in [3.8, 4) is 16.9 Å². The molecule has 1 amide bonds. The van der Waals surface area contributed by atoms with Crippen LogP contribution in [0.1, 0.15) is 34.5 Å². The second kappa shape index (κ2) is 8.66. The lowest BCUT2D eigenvalue weighted by atomic mass is 10.0. The van der Waals surface area contributed by atoms with Crippen LogP contribution in [0.25, 0.3) is 16.9 Å². The number of carbonyl (C=O) groups is 1. The minimum absolute atomic E-state index is 0.00691. The predicted molar refractivity (Wildman–Crippen MR) is 125 cm³/mol. The molecule has 0 saturated carbocycles. The van der Waals surface area contributed by atoms with Crippen molar-refractivity contribution in [2.75, 3.05) is 26.3 Å². The van der Waals surface area contributed by atoms with Crippen molar-refractivity contribution in [2.45, 2.75) is 32.5 Å². The van der Waals surface area contributed by atoms with E-state index >= 15 is 0 Å². The normalized spacial score (nSPS) is 17.3. The number of hydrogen-bond donors (Lipinski definition) is 0. The summed E-state index contributed by atoms with van der Waals surface area (Å²) in [5.74, 6) is -0.678. The molecular weight excluding hydrogens is 436 g/mol. The number of likely N-dealkylation sites (tertiary alicyclic amines) is 1. The molecular formula is C25H26N4O5. The molecule has 0 N–H and O–H groups in total. The maximum absolute atomic E-state index is 13.7. The molecule has 0 aliphatic carbocycles. The highest BCUT2D eigenvalue weighted by Gasteiger charge is 2.41. The highest BCUT2D eigenvalue weighted by molar-refractivity contribution is 5.94. The number of nitrogens with zero attached hydrogens (tertiary/aromatic N) is 4. The summed E-state index contributed by atoms with van der Waals surface area (Å²) in [6.45, 7) is 6.25. The third kappa shape index (κ3) is 4.08. The van der Waals surface area contributed by atoms with Crippen LogP contribution < -0.4 is 0 Å². The van der Waals surface area contributed by atoms with Gasteiger partial charge in [0.25, 0.3) is 11.6 Å². The Morgan fingerprint density at radius 3 is 2.32 bits per heavy atom. The van der Waals surface area contributed by atoms with E-state index in [2.05, 4.69) is 6.07 Å². The van der Waals surface area contributed by atoms with Gasteiger partial charge in [-0.05, 0) is 43.7 Å². The minimum Gasteiger partial charge on any atom is -0.347 e. The van der Waals surface area contributed by atoms with Crippen molar-refractivity contribution >= 4 is 11.6 Å². The second-order valence-electron chi connectivity index (χ2n) is 8.82. The Labute approximate surface area is 197 Å². The quantitative estimate of drug-likeness (QED) is 0.429. The fourth-order valence-electron chi connectivity index (χ4n) is 4.65. The van der Waals surface area contributed by atoms with E-state index in [1.165, 1.54) is 12.1 Å². The summed E-state index contributed by atoms with van der Waals surface area (Å²) in [6, 6.07) is 14.0. The lowest BCUT2D eigenvalue weighted by molar-refractivity contribution is -0.384. The van der Waals surface area contributed by atoms with E-state index in [9.17, 15) is 14.9 Å². The summed E-state index contributed by atoms with van der Waals surface area (Å²) < 4.78 is 13.3. The van der Waals surface area contributed by atoms with Gasteiger partial charge in [0.2, 0.25) is 0 Å². The Bertz CT molecular complexity index is 1230. The number of non-ortho nitro benzene ring substituents is 1. The van der Waals surface area contributed by atoms with Gasteiger partial charge in [-0.3, -0.25) is 14.9 Å². The summed E-state index contributed by atoms with van der Waals surface area (Å²) in [4.78, 5) is 26.1. The number of hydrogen-bond acceptors (Lipinski definition) is 6. The van der Waals surface area contributed by atoms with E-state index < -0.39 is 10.7 Å². The number of amides is 1. The summed E-state index contributed by atoms with van der Waals surface area (Å²) in [6.07, 6.45) is 1.26. The molecule has 0 unspecified atom stereocenters. The van der Waals surface area contributed by atoms with Crippen LogP contribution in [-0.2, 0) is 9.47 Å². The van der Waals surface area contributed by atoms with E-state index in [-0.39, 0.29) is 11.6 Å². The van der Waals surface area contributed by atoms with E-state index in [0.29, 0.717) is 56.1 Å². The third-order valence-corrected chi connectivity index (χ3v) is 6.51. The number of benzene rings is 2. The van der Waals surface area contributed by atoms with Crippen LogP contribution in [0.2, 0.25) is 0 Å². The predicted octanol–water partition coefficient (Wildman–Crippen LogP) is 4.04. The maximum atomic E-state index is 13.7. The SMILES string of the molecule is Cc1ccc(-n2nc(-c3ccc([N+](=O)[O-])cc3)cc2C(=O)N2CCC3(CC2)OCCO3)c(C)c1. The second-order valence-corrected chi connectivity index (χ2v) is 8.82. The van der Waals surface area contributed by atoms with Crippen molar-refractivity contribution in [2.24, 2.45) is 0 Å². The van der Waals surface area contributed by atoms with Crippen molar-refractivity contribution in [1.29, 1.82) is 0 Å². The minimum atomic E-state index is -0.561. The lowest BCUT2D eigenvalue weighted by Crippen LogP contribution is -2.47. The first-order valence-corrected chi connectivity index (χ1v) is 11.3. The summed E-state index contributed by atoms with van der Waals surface area (Å²) in [5, 5.41) is 15.8. The topological polar surface area (TPSA) is 99.7 Å². The van der Waals surface area contributed by atoms with Crippen LogP contribution in [0, 0.1) is 24.0 Å². The first-order chi connectivity index (χ1) is 16.3. The molecule has 34 heavy (non-hydrogen) atoms. The zero-order valence-electron chi connectivity index (χ0n) is 19.2. The van der Waals surface area contributed by atoms with Gasteiger partial charge in [0, 0.05) is 43.6 Å². The van der Waals surface area contributed by atoms with Crippen LogP contribution in [0.4, 0.5) is 5.69 Å². The first kappa shape index (κ1) is 22.2. The molecule has 9 heteroatoms. The molecule has 0 atom stereocenters. The molecule has 9 nitrogen and oxygen atoms in total. The molecule has 2 aliphatic heterocycles. The summed E-state index contributed by atoms with van der Waals surface area (Å²) in [5.41, 5.74) is 4.67. The number of ether oxygens (including phenoxy) is 2. The number of nitro groups is 1. The molecule has 176 valence electrons. The van der Waals surface area contributed by atoms with E-state index in [0.717, 1.165) is 16.8 Å². The zero-order chi connectivity index (χ0) is 23.9. The molecule has 1 spiro atoms. The molecule has 2 aromatic carbocycles. The molecule has 0 radical (unpaired) electrons. The number of piperidine rings is 1. The van der Waals surface area contributed by atoms with Gasteiger partial charge < -0.3 is 14.4 Å². The largest absolute Gasteiger partial charge is 0.347 e. The molecule has 3 aromatic rings. The van der Waals surface area contributed by atoms with Gasteiger partial charge in [-0.2, -0.15) is 5.10 Å². The molecule has 1 aromatic heterocycles. The number of nitro benzene ring substituents is 1. The monoisotopic (exact) mass is 462 g/mol. The Kier molecular flexibility index (Phi) is 5.66. The number of carbonyl (C=O) groups excluding carboxylic acids is 1. The Balaban J connectivity index is 1.50. The summed E-state index contributed by atoms with van der Waals surface area (Å²) in [7, 11) is 0. The lowest BCUT2D eigenvalue weighted by Gasteiger charge is -2.37. The van der Waals surface area contributed by atoms with Crippen molar-refractivity contribution < 1.29 is 19.2 Å². The highest BCUT2D eigenvalue weighted by atomic mass is 16.7. The highest BCUT2D eigenvalue weighted by Crippen LogP contribution is 2.33. The molecule has 2 aliphatic rings. The maximum Gasteiger partial charge on any atom is 0.272 e. The van der Waals surface area contributed by atoms with E-state index in [1.54, 1.807) is 22.9 Å². The number of aryl methyl sites for hydroxylation is 2. The summed E-state index contributed by atoms with van der Waals surface area (Å²) >= 11 is 0. The van der Waals surface area contributed by atoms with Crippen LogP contribution in [-0.4, -0.2) is 57.6 Å². The number of rotatable bonds is 4. The Hall–Kier alpha value is -3.56. The fraction of sp³-hybridized carbons (Fsp3) is 0.360. The Morgan fingerprint density at radius 1 is 1.03 bits per heavy atom. The van der Waals surface area contributed by atoms with Gasteiger partial charge >= 0.3 is 0 Å². The smallest absolute Gasteiger partial charge is 0.272 e. The first-order valence-electron chi connectivity index (χ1n) is 11.3. The van der Waals surface area contributed by atoms with Crippen LogP contribution in [0.3, 0.4) is 0 Å². The van der Waals surface area contributed by atoms with Crippen molar-refractivity contribution in [1.82, 2.24) is 14.7 Å². The van der Waals surface area contributed by atoms with E-state index in [4.69, 9.17) is 14.6 Å². The van der Waals surface area contributed by atoms with Gasteiger partial charge in [0.05, 0.1) is 29.5 Å². The van der Waals surface area contributed by atoms with Gasteiger partial charge in [-0.15, -0.1) is 0 Å².